The fourth-order valence-electron chi connectivity index (χ4n) is 2.89. The fourth-order valence-corrected chi connectivity index (χ4v) is 2.89. The molecule has 1 atom stereocenters. The zero-order valence-corrected chi connectivity index (χ0v) is 16.3. The quantitative estimate of drug-likeness (QED) is 0.438. The predicted octanol–water partition coefficient (Wildman–Crippen LogP) is 6.04. The molecule has 0 amide bonds. The van der Waals surface area contributed by atoms with Gasteiger partial charge in [-0.2, -0.15) is 0 Å². The van der Waals surface area contributed by atoms with Crippen LogP contribution >= 0.6 is 0 Å². The van der Waals surface area contributed by atoms with E-state index in [1.165, 1.54) is 0 Å². The predicted molar refractivity (Wildman–Crippen MR) is 112 cm³/mol. The van der Waals surface area contributed by atoms with E-state index in [1.54, 1.807) is 6.26 Å². The number of aliphatic hydroxyl groups excluding tert-OH is 1. The van der Waals surface area contributed by atoms with Crippen LogP contribution in [-0.4, -0.2) is 10.1 Å². The number of aromatic nitrogens is 1. The zero-order chi connectivity index (χ0) is 19.6. The van der Waals surface area contributed by atoms with Crippen molar-refractivity contribution in [1.82, 2.24) is 4.98 Å². The molecular formula is C24H27NO3. The number of unbranched alkanes of at least 4 members (excludes halogenated alkanes) is 2. The Labute approximate surface area is 166 Å². The Balaban J connectivity index is 1.49. The van der Waals surface area contributed by atoms with Crippen LogP contribution in [0.3, 0.4) is 0 Å². The van der Waals surface area contributed by atoms with E-state index < -0.39 is 6.10 Å². The lowest BCUT2D eigenvalue weighted by Gasteiger charge is -2.11. The standard InChI is InChI=1S/C24H27NO3/c1-2-3-5-10-23(26)20-12-14-22(15-13-20)27-17-21-18-28-24(25-21)16-11-19-8-6-4-7-9-19/h4,6-9,11-16,18,23,26H,2-3,5,10,17H2,1H3/b16-11+. The number of rotatable bonds is 10. The van der Waals surface area contributed by atoms with Gasteiger partial charge in [0.25, 0.3) is 0 Å². The summed E-state index contributed by atoms with van der Waals surface area (Å²) < 4.78 is 11.2. The van der Waals surface area contributed by atoms with Gasteiger partial charge in [0.2, 0.25) is 5.89 Å². The maximum absolute atomic E-state index is 10.2. The Morgan fingerprint density at radius 2 is 1.82 bits per heavy atom. The molecule has 0 spiro atoms. The van der Waals surface area contributed by atoms with Crippen molar-refractivity contribution >= 4 is 12.2 Å². The monoisotopic (exact) mass is 377 g/mol. The molecule has 146 valence electrons. The molecule has 28 heavy (non-hydrogen) atoms. The van der Waals surface area contributed by atoms with E-state index in [1.807, 2.05) is 66.7 Å². The second-order valence-corrected chi connectivity index (χ2v) is 6.79. The molecule has 1 unspecified atom stereocenters. The third-order valence-electron chi connectivity index (χ3n) is 4.52. The summed E-state index contributed by atoms with van der Waals surface area (Å²) in [5.74, 6) is 1.29. The molecule has 0 saturated carbocycles. The molecule has 1 N–H and O–H groups in total. The van der Waals surface area contributed by atoms with Crippen molar-refractivity contribution in [3.05, 3.63) is 83.6 Å². The molecule has 1 heterocycles. The highest BCUT2D eigenvalue weighted by Gasteiger charge is 2.08. The summed E-state index contributed by atoms with van der Waals surface area (Å²) >= 11 is 0. The van der Waals surface area contributed by atoms with Crippen molar-refractivity contribution in [2.24, 2.45) is 0 Å². The van der Waals surface area contributed by atoms with Gasteiger partial charge >= 0.3 is 0 Å². The summed E-state index contributed by atoms with van der Waals surface area (Å²) in [6.45, 7) is 2.50. The van der Waals surface area contributed by atoms with Gasteiger partial charge in [0.05, 0.1) is 6.10 Å². The van der Waals surface area contributed by atoms with E-state index in [0.29, 0.717) is 12.5 Å². The van der Waals surface area contributed by atoms with Crippen LogP contribution in [0, 0.1) is 0 Å². The number of hydrogen-bond acceptors (Lipinski definition) is 4. The molecule has 2 aromatic carbocycles. The maximum Gasteiger partial charge on any atom is 0.218 e. The molecule has 4 nitrogen and oxygen atoms in total. The minimum Gasteiger partial charge on any atom is -0.487 e. The van der Waals surface area contributed by atoms with E-state index in [2.05, 4.69) is 11.9 Å². The molecule has 3 rings (SSSR count). The molecule has 0 aliphatic rings. The number of ether oxygens (including phenoxy) is 1. The van der Waals surface area contributed by atoms with Crippen LogP contribution in [0.1, 0.15) is 61.4 Å². The van der Waals surface area contributed by atoms with Gasteiger partial charge in [0, 0.05) is 6.08 Å². The van der Waals surface area contributed by atoms with E-state index >= 15 is 0 Å². The molecule has 0 fully saturated rings. The van der Waals surface area contributed by atoms with Gasteiger partial charge in [0.1, 0.15) is 24.3 Å². The van der Waals surface area contributed by atoms with Crippen molar-refractivity contribution in [2.75, 3.05) is 0 Å². The van der Waals surface area contributed by atoms with Crippen molar-refractivity contribution in [2.45, 2.75) is 45.3 Å². The molecular weight excluding hydrogens is 350 g/mol. The molecule has 0 saturated heterocycles. The van der Waals surface area contributed by atoms with Crippen molar-refractivity contribution < 1.29 is 14.3 Å². The van der Waals surface area contributed by atoms with Crippen LogP contribution < -0.4 is 4.74 Å². The Kier molecular flexibility index (Phi) is 7.44. The van der Waals surface area contributed by atoms with E-state index in [0.717, 1.165) is 48.3 Å². The first-order chi connectivity index (χ1) is 13.7. The van der Waals surface area contributed by atoms with E-state index in [9.17, 15) is 5.11 Å². The third kappa shape index (κ3) is 6.10. The van der Waals surface area contributed by atoms with Crippen molar-refractivity contribution in [3.63, 3.8) is 0 Å². The molecule has 1 aromatic heterocycles. The lowest BCUT2D eigenvalue weighted by atomic mass is 10.0. The Bertz CT molecular complexity index is 853. The highest BCUT2D eigenvalue weighted by Crippen LogP contribution is 2.22. The molecule has 0 radical (unpaired) electrons. The summed E-state index contributed by atoms with van der Waals surface area (Å²) in [6.07, 6.45) is 9.15. The molecule has 0 aliphatic heterocycles. The lowest BCUT2D eigenvalue weighted by Crippen LogP contribution is -1.99. The number of benzene rings is 2. The first-order valence-corrected chi connectivity index (χ1v) is 9.83. The summed E-state index contributed by atoms with van der Waals surface area (Å²) in [7, 11) is 0. The van der Waals surface area contributed by atoms with Gasteiger partial charge in [-0.15, -0.1) is 0 Å². The molecule has 0 aliphatic carbocycles. The molecule has 4 heteroatoms. The number of oxazole rings is 1. The van der Waals surface area contributed by atoms with Crippen LogP contribution in [0.25, 0.3) is 12.2 Å². The van der Waals surface area contributed by atoms with Gasteiger partial charge in [-0.1, -0.05) is 68.7 Å². The summed E-state index contributed by atoms with van der Waals surface area (Å²) in [5.41, 5.74) is 2.75. The van der Waals surface area contributed by atoms with Crippen LogP contribution in [-0.2, 0) is 6.61 Å². The smallest absolute Gasteiger partial charge is 0.218 e. The van der Waals surface area contributed by atoms with Crippen LogP contribution in [0.4, 0.5) is 0 Å². The SMILES string of the molecule is CCCCCC(O)c1ccc(OCc2coc(/C=C/c3ccccc3)n2)cc1. The number of nitrogens with zero attached hydrogens (tertiary/aromatic N) is 1. The topological polar surface area (TPSA) is 55.5 Å². The Morgan fingerprint density at radius 3 is 2.57 bits per heavy atom. The molecule has 3 aromatic rings. The van der Waals surface area contributed by atoms with E-state index in [-0.39, 0.29) is 0 Å². The first-order valence-electron chi connectivity index (χ1n) is 9.83. The minimum absolute atomic E-state index is 0.334. The van der Waals surface area contributed by atoms with Crippen molar-refractivity contribution in [3.8, 4) is 5.75 Å². The first kappa shape index (κ1) is 19.9. The second-order valence-electron chi connectivity index (χ2n) is 6.79. The maximum atomic E-state index is 10.2. The van der Waals surface area contributed by atoms with Crippen LogP contribution in [0.2, 0.25) is 0 Å². The van der Waals surface area contributed by atoms with Gasteiger partial charge in [0.15, 0.2) is 0 Å². The van der Waals surface area contributed by atoms with Gasteiger partial charge in [-0.25, -0.2) is 4.98 Å². The van der Waals surface area contributed by atoms with Crippen LogP contribution in [0.15, 0.2) is 65.3 Å². The summed E-state index contributed by atoms with van der Waals surface area (Å²) in [5, 5.41) is 10.2. The molecule has 0 bridgehead atoms. The summed E-state index contributed by atoms with van der Waals surface area (Å²) in [6, 6.07) is 17.6. The number of aliphatic hydroxyl groups is 1. The Hall–Kier alpha value is -2.85. The zero-order valence-electron chi connectivity index (χ0n) is 16.3. The average Bonchev–Trinajstić information content (AvgIpc) is 3.20. The van der Waals surface area contributed by atoms with Gasteiger partial charge in [-0.3, -0.25) is 0 Å². The minimum atomic E-state index is -0.407. The van der Waals surface area contributed by atoms with Crippen molar-refractivity contribution in [1.29, 1.82) is 0 Å². The third-order valence-corrected chi connectivity index (χ3v) is 4.52. The van der Waals surface area contributed by atoms with Gasteiger partial charge < -0.3 is 14.3 Å². The Morgan fingerprint density at radius 1 is 1.04 bits per heavy atom. The lowest BCUT2D eigenvalue weighted by molar-refractivity contribution is 0.163. The van der Waals surface area contributed by atoms with E-state index in [4.69, 9.17) is 9.15 Å². The van der Waals surface area contributed by atoms with Gasteiger partial charge in [-0.05, 0) is 35.8 Å². The second kappa shape index (κ2) is 10.5. The highest BCUT2D eigenvalue weighted by molar-refractivity contribution is 5.65. The average molecular weight is 377 g/mol. The van der Waals surface area contributed by atoms with Crippen LogP contribution in [0.5, 0.6) is 5.75 Å². The summed E-state index contributed by atoms with van der Waals surface area (Å²) in [4.78, 5) is 4.41. The normalized spacial score (nSPS) is 12.4. The number of hydrogen-bond donors (Lipinski definition) is 1. The fraction of sp³-hybridized carbons (Fsp3) is 0.292. The largest absolute Gasteiger partial charge is 0.487 e. The highest BCUT2D eigenvalue weighted by atomic mass is 16.5.